The molecule has 0 aromatic heterocycles. The molecule has 0 saturated heterocycles. The molecule has 0 fully saturated rings. The van der Waals surface area contributed by atoms with Gasteiger partial charge in [0.1, 0.15) is 11.6 Å². The molecule has 0 saturated carbocycles. The normalized spacial score (nSPS) is 16.3. The van der Waals surface area contributed by atoms with Crippen molar-refractivity contribution >= 4 is 11.5 Å². The Balaban J connectivity index is 1.80. The van der Waals surface area contributed by atoms with Crippen molar-refractivity contribution in [1.29, 1.82) is 0 Å². The number of aliphatic hydroxyl groups excluding tert-OH is 1. The fourth-order valence-corrected chi connectivity index (χ4v) is 3.79. The van der Waals surface area contributed by atoms with Gasteiger partial charge in [-0.25, -0.2) is 4.39 Å². The minimum Gasteiger partial charge on any atom is -0.503 e. The molecule has 0 spiro atoms. The number of amides is 1. The molecule has 30 heavy (non-hydrogen) atoms. The lowest BCUT2D eigenvalue weighted by Crippen LogP contribution is -2.30. The quantitative estimate of drug-likeness (QED) is 0.637. The van der Waals surface area contributed by atoms with Gasteiger partial charge >= 0.3 is 0 Å². The molecular weight excluding hydrogens is 381 g/mol. The average Bonchev–Trinajstić information content (AvgIpc) is 3.00. The van der Waals surface area contributed by atoms with Crippen LogP contribution in [-0.4, -0.2) is 23.0 Å². The van der Waals surface area contributed by atoms with Crippen LogP contribution < -0.4 is 4.74 Å². The molecule has 152 valence electrons. The SMILES string of the molecule is COc1ccc(CN2C(=O)C(O)=C(c3ccc(C)cc3)C2c2ccccc2F)cc1. The van der Waals surface area contributed by atoms with E-state index in [1.807, 2.05) is 55.5 Å². The molecule has 0 radical (unpaired) electrons. The van der Waals surface area contributed by atoms with Gasteiger partial charge in [-0.2, -0.15) is 0 Å². The number of hydrogen-bond acceptors (Lipinski definition) is 3. The molecule has 0 aliphatic carbocycles. The highest BCUT2D eigenvalue weighted by Gasteiger charge is 2.42. The van der Waals surface area contributed by atoms with Crippen LogP contribution in [0.3, 0.4) is 0 Å². The predicted molar refractivity (Wildman–Crippen MR) is 113 cm³/mol. The van der Waals surface area contributed by atoms with Gasteiger partial charge in [-0.1, -0.05) is 60.2 Å². The van der Waals surface area contributed by atoms with Crippen LogP contribution in [0.15, 0.2) is 78.6 Å². The number of ether oxygens (including phenoxy) is 1. The van der Waals surface area contributed by atoms with Crippen molar-refractivity contribution < 1.29 is 19.0 Å². The van der Waals surface area contributed by atoms with Crippen molar-refractivity contribution in [3.05, 3.63) is 107 Å². The zero-order valence-corrected chi connectivity index (χ0v) is 16.8. The molecule has 1 aliphatic heterocycles. The van der Waals surface area contributed by atoms with Crippen molar-refractivity contribution in [3.8, 4) is 5.75 Å². The minimum absolute atomic E-state index is 0.223. The standard InChI is InChI=1S/C25H22FNO3/c1-16-7-11-18(12-8-16)22-23(20-5-3-4-6-21(20)26)27(25(29)24(22)28)15-17-9-13-19(30-2)14-10-17/h3-14,23,28H,15H2,1-2H3. The van der Waals surface area contributed by atoms with E-state index in [2.05, 4.69) is 0 Å². The van der Waals surface area contributed by atoms with Crippen molar-refractivity contribution in [2.24, 2.45) is 0 Å². The van der Waals surface area contributed by atoms with Gasteiger partial charge in [0, 0.05) is 17.7 Å². The van der Waals surface area contributed by atoms with Crippen molar-refractivity contribution in [2.45, 2.75) is 19.5 Å². The summed E-state index contributed by atoms with van der Waals surface area (Å²) in [7, 11) is 1.59. The van der Waals surface area contributed by atoms with E-state index in [4.69, 9.17) is 4.74 Å². The molecule has 3 aromatic carbocycles. The summed E-state index contributed by atoms with van der Waals surface area (Å²) < 4.78 is 20.0. The molecule has 4 nitrogen and oxygen atoms in total. The molecule has 1 unspecified atom stereocenters. The lowest BCUT2D eigenvalue weighted by atomic mass is 9.92. The highest BCUT2D eigenvalue weighted by Crippen LogP contribution is 2.44. The summed E-state index contributed by atoms with van der Waals surface area (Å²) in [5.41, 5.74) is 3.36. The Labute approximate surface area is 174 Å². The van der Waals surface area contributed by atoms with Crippen LogP contribution in [0.25, 0.3) is 5.57 Å². The molecule has 1 aliphatic rings. The summed E-state index contributed by atoms with van der Waals surface area (Å²) in [6.45, 7) is 2.18. The third kappa shape index (κ3) is 3.54. The van der Waals surface area contributed by atoms with E-state index in [9.17, 15) is 14.3 Å². The van der Waals surface area contributed by atoms with Crippen LogP contribution in [-0.2, 0) is 11.3 Å². The van der Waals surface area contributed by atoms with Gasteiger partial charge in [-0.15, -0.1) is 0 Å². The highest BCUT2D eigenvalue weighted by atomic mass is 19.1. The highest BCUT2D eigenvalue weighted by molar-refractivity contribution is 6.05. The molecule has 5 heteroatoms. The Bertz CT molecular complexity index is 1100. The van der Waals surface area contributed by atoms with Crippen molar-refractivity contribution in [3.63, 3.8) is 0 Å². The van der Waals surface area contributed by atoms with E-state index < -0.39 is 17.8 Å². The number of aryl methyl sites for hydroxylation is 1. The maximum absolute atomic E-state index is 14.8. The summed E-state index contributed by atoms with van der Waals surface area (Å²) >= 11 is 0. The molecule has 3 aromatic rings. The monoisotopic (exact) mass is 403 g/mol. The number of carbonyl (C=O) groups excluding carboxylic acids is 1. The molecule has 1 N–H and O–H groups in total. The summed E-state index contributed by atoms with van der Waals surface area (Å²) in [4.78, 5) is 14.6. The number of hydrogen-bond donors (Lipinski definition) is 1. The van der Waals surface area contributed by atoms with Crippen LogP contribution in [0.4, 0.5) is 4.39 Å². The Kier molecular flexibility index (Phi) is 5.27. The second-order valence-corrected chi connectivity index (χ2v) is 7.33. The van der Waals surface area contributed by atoms with Crippen LogP contribution in [0.1, 0.15) is 28.3 Å². The first-order chi connectivity index (χ1) is 14.5. The maximum atomic E-state index is 14.8. The minimum atomic E-state index is -0.733. The van der Waals surface area contributed by atoms with Gasteiger partial charge in [0.2, 0.25) is 0 Å². The third-order valence-corrected chi connectivity index (χ3v) is 5.38. The number of methoxy groups -OCH3 is 1. The van der Waals surface area contributed by atoms with Crippen molar-refractivity contribution in [2.75, 3.05) is 7.11 Å². The number of nitrogens with zero attached hydrogens (tertiary/aromatic N) is 1. The summed E-state index contributed by atoms with van der Waals surface area (Å²) in [6, 6.07) is 20.5. The Morgan fingerprint density at radius 1 is 1.00 bits per heavy atom. The van der Waals surface area contributed by atoms with Crippen LogP contribution in [0.2, 0.25) is 0 Å². The summed E-state index contributed by atoms with van der Waals surface area (Å²) in [6.07, 6.45) is 0. The number of carbonyl (C=O) groups is 1. The number of halogens is 1. The second kappa shape index (κ2) is 8.03. The molecule has 1 heterocycles. The van der Waals surface area contributed by atoms with E-state index in [0.29, 0.717) is 22.4 Å². The third-order valence-electron chi connectivity index (χ3n) is 5.38. The Morgan fingerprint density at radius 3 is 2.30 bits per heavy atom. The number of aliphatic hydroxyl groups is 1. The first-order valence-electron chi connectivity index (χ1n) is 9.68. The molecular formula is C25H22FNO3. The van der Waals surface area contributed by atoms with Crippen LogP contribution in [0.5, 0.6) is 5.75 Å². The van der Waals surface area contributed by atoms with Gasteiger partial charge in [0.05, 0.1) is 13.2 Å². The molecule has 1 amide bonds. The fourth-order valence-electron chi connectivity index (χ4n) is 3.79. The van der Waals surface area contributed by atoms with E-state index in [1.54, 1.807) is 25.3 Å². The Hall–Kier alpha value is -3.60. The zero-order chi connectivity index (χ0) is 21.3. The average molecular weight is 403 g/mol. The van der Waals surface area contributed by atoms with Gasteiger partial charge in [0.15, 0.2) is 5.76 Å². The van der Waals surface area contributed by atoms with Crippen LogP contribution >= 0.6 is 0 Å². The number of rotatable bonds is 5. The van der Waals surface area contributed by atoms with Crippen molar-refractivity contribution in [1.82, 2.24) is 4.90 Å². The first kappa shape index (κ1) is 19.7. The van der Waals surface area contributed by atoms with E-state index in [1.165, 1.54) is 11.0 Å². The number of benzene rings is 3. The first-order valence-corrected chi connectivity index (χ1v) is 9.68. The largest absolute Gasteiger partial charge is 0.503 e. The van der Waals surface area contributed by atoms with Gasteiger partial charge < -0.3 is 14.7 Å². The maximum Gasteiger partial charge on any atom is 0.290 e. The smallest absolute Gasteiger partial charge is 0.290 e. The summed E-state index contributed by atoms with van der Waals surface area (Å²) in [5, 5.41) is 10.8. The molecule has 1 atom stereocenters. The predicted octanol–water partition coefficient (Wildman–Crippen LogP) is 5.20. The van der Waals surface area contributed by atoms with Gasteiger partial charge in [0.25, 0.3) is 5.91 Å². The van der Waals surface area contributed by atoms with E-state index in [-0.39, 0.29) is 12.3 Å². The lowest BCUT2D eigenvalue weighted by Gasteiger charge is -2.28. The summed E-state index contributed by atoms with van der Waals surface area (Å²) in [5.74, 6) is -0.580. The van der Waals surface area contributed by atoms with E-state index >= 15 is 0 Å². The lowest BCUT2D eigenvalue weighted by molar-refractivity contribution is -0.130. The fraction of sp³-hybridized carbons (Fsp3) is 0.160. The molecule has 0 bridgehead atoms. The zero-order valence-electron chi connectivity index (χ0n) is 16.8. The van der Waals surface area contributed by atoms with E-state index in [0.717, 1.165) is 11.1 Å². The second-order valence-electron chi connectivity index (χ2n) is 7.33. The van der Waals surface area contributed by atoms with Gasteiger partial charge in [-0.05, 0) is 36.2 Å². The van der Waals surface area contributed by atoms with Gasteiger partial charge in [-0.3, -0.25) is 4.79 Å². The molecule has 4 rings (SSSR count). The van der Waals surface area contributed by atoms with Crippen LogP contribution in [0, 0.1) is 12.7 Å². The Morgan fingerprint density at radius 2 is 1.67 bits per heavy atom. The topological polar surface area (TPSA) is 49.8 Å².